The SMILES string of the molecule is c1ccc(-c2cc(-c3ccccc3)cc(N3c4ccc(C5CCCCC5)cc4B4c5cc(C6CCCCC6)ccc5N(c5cc(-c6ccccc6)cc(-c6ccccc6)c5)c5cc(-c6nc(-c7ccccc7)nc(-c7ccccc7)n6)cc3c54)c2)cc1. The minimum atomic E-state index is -0.0939. The molecule has 0 amide bonds. The lowest BCUT2D eigenvalue weighted by Crippen LogP contribution is -2.61. The highest BCUT2D eigenvalue weighted by atomic mass is 15.2. The van der Waals surface area contributed by atoms with E-state index in [1.165, 1.54) is 125 Å². The summed E-state index contributed by atoms with van der Waals surface area (Å²) < 4.78 is 0. The molecule has 5 nitrogen and oxygen atoms in total. The first-order valence-electron chi connectivity index (χ1n) is 31.6. The molecule has 1 aromatic heterocycles. The largest absolute Gasteiger partial charge is 0.311 e. The van der Waals surface area contributed by atoms with Gasteiger partial charge in [0.05, 0.1) is 0 Å². The predicted octanol–water partition coefficient (Wildman–Crippen LogP) is 19.7. The van der Waals surface area contributed by atoms with E-state index in [9.17, 15) is 0 Å². The molecular formula is C81H66BN5. The molecule has 0 radical (unpaired) electrons. The van der Waals surface area contributed by atoms with Crippen molar-refractivity contribution < 1.29 is 0 Å². The Morgan fingerprint density at radius 2 is 0.575 bits per heavy atom. The Balaban J connectivity index is 1.04. The number of nitrogens with zero attached hydrogens (tertiary/aromatic N) is 5. The second-order valence-electron chi connectivity index (χ2n) is 24.4. The summed E-state index contributed by atoms with van der Waals surface area (Å²) in [6.07, 6.45) is 12.6. The molecule has 2 fully saturated rings. The summed E-state index contributed by atoms with van der Waals surface area (Å²) in [5, 5.41) is 0. The van der Waals surface area contributed by atoms with E-state index in [1.54, 1.807) is 0 Å². The van der Waals surface area contributed by atoms with Gasteiger partial charge >= 0.3 is 0 Å². The third kappa shape index (κ3) is 10.0. The van der Waals surface area contributed by atoms with Crippen LogP contribution in [0.2, 0.25) is 0 Å². The number of aromatic nitrogens is 3. The van der Waals surface area contributed by atoms with Crippen molar-refractivity contribution in [3.8, 4) is 78.7 Å². The molecule has 0 bridgehead atoms. The van der Waals surface area contributed by atoms with Crippen LogP contribution >= 0.6 is 0 Å². The maximum atomic E-state index is 5.53. The molecule has 0 saturated heterocycles. The smallest absolute Gasteiger partial charge is 0.252 e. The zero-order chi connectivity index (χ0) is 57.6. The van der Waals surface area contributed by atoms with E-state index in [2.05, 4.69) is 277 Å². The molecule has 2 aliphatic heterocycles. The Bertz CT molecular complexity index is 4070. The fourth-order valence-corrected chi connectivity index (χ4v) is 14.7. The van der Waals surface area contributed by atoms with Crippen molar-refractivity contribution in [1.29, 1.82) is 0 Å². The van der Waals surface area contributed by atoms with Gasteiger partial charge in [0.25, 0.3) is 6.71 Å². The van der Waals surface area contributed by atoms with Gasteiger partial charge in [0.2, 0.25) is 0 Å². The van der Waals surface area contributed by atoms with E-state index >= 15 is 0 Å². The van der Waals surface area contributed by atoms with Crippen molar-refractivity contribution in [2.24, 2.45) is 0 Å². The van der Waals surface area contributed by atoms with Gasteiger partial charge in [-0.25, -0.2) is 15.0 Å². The highest BCUT2D eigenvalue weighted by Gasteiger charge is 2.45. The number of anilines is 6. The number of hydrogen-bond donors (Lipinski definition) is 0. The highest BCUT2D eigenvalue weighted by Crippen LogP contribution is 2.50. The van der Waals surface area contributed by atoms with Gasteiger partial charge in [-0.05, 0) is 170 Å². The van der Waals surface area contributed by atoms with Gasteiger partial charge in [0.1, 0.15) is 0 Å². The Kier molecular flexibility index (Phi) is 13.8. The predicted molar refractivity (Wildman–Crippen MR) is 364 cm³/mol. The molecule has 16 rings (SSSR count). The molecular weight excluding hydrogens is 1050 g/mol. The molecule has 2 aliphatic carbocycles. The van der Waals surface area contributed by atoms with Crippen LogP contribution in [0.4, 0.5) is 34.1 Å². The summed E-state index contributed by atoms with van der Waals surface area (Å²) >= 11 is 0. The first kappa shape index (κ1) is 52.6. The van der Waals surface area contributed by atoms with Crippen LogP contribution in [0.1, 0.15) is 87.2 Å². The molecule has 12 aromatic rings. The molecule has 0 N–H and O–H groups in total. The molecule has 87 heavy (non-hydrogen) atoms. The fourth-order valence-electron chi connectivity index (χ4n) is 14.7. The average molecular weight is 1120 g/mol. The fraction of sp³-hybridized carbons (Fsp3) is 0.148. The van der Waals surface area contributed by atoms with Gasteiger partial charge < -0.3 is 9.80 Å². The minimum absolute atomic E-state index is 0.0939. The van der Waals surface area contributed by atoms with Crippen LogP contribution in [0.3, 0.4) is 0 Å². The lowest BCUT2D eigenvalue weighted by Gasteiger charge is -2.45. The maximum Gasteiger partial charge on any atom is 0.252 e. The monoisotopic (exact) mass is 1120 g/mol. The van der Waals surface area contributed by atoms with Crippen LogP contribution < -0.4 is 26.2 Å². The molecule has 0 spiro atoms. The van der Waals surface area contributed by atoms with E-state index in [0.29, 0.717) is 29.3 Å². The van der Waals surface area contributed by atoms with Crippen LogP contribution in [0.5, 0.6) is 0 Å². The number of benzene rings is 11. The van der Waals surface area contributed by atoms with E-state index in [1.807, 2.05) is 0 Å². The van der Waals surface area contributed by atoms with Crippen LogP contribution in [0.25, 0.3) is 78.7 Å². The maximum absolute atomic E-state index is 5.53. The van der Waals surface area contributed by atoms with E-state index < -0.39 is 0 Å². The van der Waals surface area contributed by atoms with Gasteiger partial charge in [-0.1, -0.05) is 245 Å². The Labute approximate surface area is 511 Å². The Morgan fingerprint density at radius 1 is 0.264 bits per heavy atom. The van der Waals surface area contributed by atoms with Crippen LogP contribution in [-0.4, -0.2) is 21.7 Å². The van der Waals surface area contributed by atoms with Crippen molar-refractivity contribution in [1.82, 2.24) is 15.0 Å². The second kappa shape index (κ2) is 22.8. The molecule has 4 aliphatic rings. The third-order valence-electron chi connectivity index (χ3n) is 19.0. The molecule has 0 atom stereocenters. The zero-order valence-corrected chi connectivity index (χ0v) is 48.9. The van der Waals surface area contributed by atoms with Gasteiger partial charge in [-0.2, -0.15) is 0 Å². The van der Waals surface area contributed by atoms with Crippen molar-refractivity contribution in [2.75, 3.05) is 9.80 Å². The third-order valence-corrected chi connectivity index (χ3v) is 19.0. The van der Waals surface area contributed by atoms with E-state index in [-0.39, 0.29) is 6.71 Å². The zero-order valence-electron chi connectivity index (χ0n) is 48.9. The molecule has 0 unspecified atom stereocenters. The normalized spacial score (nSPS) is 14.7. The summed E-state index contributed by atoms with van der Waals surface area (Å²) in [6, 6.07) is 99.0. The lowest BCUT2D eigenvalue weighted by molar-refractivity contribution is 0.444. The van der Waals surface area contributed by atoms with Gasteiger partial charge in [-0.3, -0.25) is 0 Å². The van der Waals surface area contributed by atoms with E-state index in [0.717, 1.165) is 61.7 Å². The number of rotatable bonds is 11. The lowest BCUT2D eigenvalue weighted by atomic mass is 9.33. The van der Waals surface area contributed by atoms with Crippen LogP contribution in [0.15, 0.2) is 267 Å². The van der Waals surface area contributed by atoms with Gasteiger partial charge in [0, 0.05) is 50.8 Å². The van der Waals surface area contributed by atoms with Gasteiger partial charge in [0.15, 0.2) is 17.5 Å². The van der Waals surface area contributed by atoms with Crippen molar-refractivity contribution >= 4 is 57.2 Å². The van der Waals surface area contributed by atoms with Crippen LogP contribution in [-0.2, 0) is 0 Å². The van der Waals surface area contributed by atoms with Crippen molar-refractivity contribution in [3.63, 3.8) is 0 Å². The average Bonchev–Trinajstić information content (AvgIpc) is 0.729. The second-order valence-corrected chi connectivity index (χ2v) is 24.4. The van der Waals surface area contributed by atoms with Crippen LogP contribution in [0, 0.1) is 0 Å². The quantitative estimate of drug-likeness (QED) is 0.121. The van der Waals surface area contributed by atoms with E-state index in [4.69, 9.17) is 15.0 Å². The highest BCUT2D eigenvalue weighted by molar-refractivity contribution is 7.00. The molecule has 3 heterocycles. The summed E-state index contributed by atoms with van der Waals surface area (Å²) in [5.41, 5.74) is 25.8. The first-order chi connectivity index (χ1) is 43.1. The molecule has 11 aromatic carbocycles. The summed E-state index contributed by atoms with van der Waals surface area (Å²) in [4.78, 5) is 21.5. The summed E-state index contributed by atoms with van der Waals surface area (Å²) in [6.45, 7) is -0.0939. The topological polar surface area (TPSA) is 45.2 Å². The summed E-state index contributed by atoms with van der Waals surface area (Å²) in [7, 11) is 0. The van der Waals surface area contributed by atoms with Crippen molar-refractivity contribution in [3.05, 3.63) is 278 Å². The number of hydrogen-bond acceptors (Lipinski definition) is 5. The molecule has 2 saturated carbocycles. The minimum Gasteiger partial charge on any atom is -0.311 e. The first-order valence-corrected chi connectivity index (χ1v) is 31.6. The summed E-state index contributed by atoms with van der Waals surface area (Å²) in [5.74, 6) is 2.90. The number of fused-ring (bicyclic) bond motifs is 4. The van der Waals surface area contributed by atoms with Crippen molar-refractivity contribution in [2.45, 2.75) is 76.0 Å². The standard InChI is InChI=1S/C81H66BN5/c1-9-25-55(26-10-1)63-41-43-74-72(51-63)82-73-52-64(56-27-11-2-12-28-56)42-44-75(73)87(71-49-67(59-33-17-5-18-34-59)46-68(50-71)60-35-19-6-20-36-60)77-54-69(81-84-79(61-37-21-7-22-38-61)83-80(85-81)62-39-23-8-24-40-62)53-76(78(77)82)86(74)70-47-65(57-29-13-3-14-30-57)45-66(48-70)58-31-15-4-16-32-58/h3-8,13-24,29-56H,1-2,9-12,25-28H2. The Hall–Kier alpha value is -9.91. The van der Waals surface area contributed by atoms with Gasteiger partial charge in [-0.15, -0.1) is 0 Å². The molecule has 6 heteroatoms. The Morgan fingerprint density at radius 3 is 0.908 bits per heavy atom. The molecule has 418 valence electrons.